The maximum Gasteiger partial charge on any atom is 0.443 e. The van der Waals surface area contributed by atoms with Gasteiger partial charge < -0.3 is 5.11 Å². The molecule has 1 aromatic carbocycles. The Kier molecular flexibility index (Phi) is 3.64. The lowest BCUT2D eigenvalue weighted by Crippen LogP contribution is -2.03. The molecule has 0 aliphatic heterocycles. The SMILES string of the molecule is Cc1ccc(C(O)c2cnc(C(F)(F)F)s2)cc1C. The highest BCUT2D eigenvalue weighted by molar-refractivity contribution is 7.11. The average molecular weight is 287 g/mol. The molecule has 0 radical (unpaired) electrons. The average Bonchev–Trinajstić information content (AvgIpc) is 2.81. The second-order valence-corrected chi connectivity index (χ2v) is 5.37. The lowest BCUT2D eigenvalue weighted by molar-refractivity contribution is -0.137. The summed E-state index contributed by atoms with van der Waals surface area (Å²) in [5.41, 5.74) is 2.62. The number of alkyl halides is 3. The minimum Gasteiger partial charge on any atom is -0.383 e. The van der Waals surface area contributed by atoms with Crippen LogP contribution >= 0.6 is 11.3 Å². The molecule has 1 heterocycles. The number of aliphatic hydroxyl groups is 1. The Balaban J connectivity index is 2.31. The zero-order chi connectivity index (χ0) is 14.2. The summed E-state index contributed by atoms with van der Waals surface area (Å²) in [5, 5.41) is 9.15. The van der Waals surface area contributed by atoms with Gasteiger partial charge in [0.2, 0.25) is 0 Å². The van der Waals surface area contributed by atoms with Gasteiger partial charge in [-0.2, -0.15) is 13.2 Å². The highest BCUT2D eigenvalue weighted by atomic mass is 32.1. The minimum atomic E-state index is -4.47. The van der Waals surface area contributed by atoms with E-state index in [-0.39, 0.29) is 4.88 Å². The van der Waals surface area contributed by atoms with E-state index >= 15 is 0 Å². The monoisotopic (exact) mass is 287 g/mol. The van der Waals surface area contributed by atoms with Crippen molar-refractivity contribution in [1.29, 1.82) is 0 Å². The lowest BCUT2D eigenvalue weighted by Gasteiger charge is -2.10. The second kappa shape index (κ2) is 4.94. The molecule has 1 aromatic heterocycles. The fraction of sp³-hybridized carbons (Fsp3) is 0.308. The molecule has 2 aromatic rings. The molecule has 0 bridgehead atoms. The standard InChI is InChI=1S/C13H12F3NOS/c1-7-3-4-9(5-8(7)2)11(18)10-6-17-12(19-10)13(14,15)16/h3-6,11,18H,1-2H3. The first-order chi connectivity index (χ1) is 8.79. The third-order valence-corrected chi connectivity index (χ3v) is 3.98. The molecule has 0 fully saturated rings. The van der Waals surface area contributed by atoms with Gasteiger partial charge in [0.25, 0.3) is 0 Å². The normalized spacial score (nSPS) is 13.6. The molecule has 2 nitrogen and oxygen atoms in total. The van der Waals surface area contributed by atoms with Gasteiger partial charge in [-0.1, -0.05) is 18.2 Å². The van der Waals surface area contributed by atoms with Gasteiger partial charge in [-0.25, -0.2) is 4.98 Å². The molecular formula is C13H12F3NOS. The summed E-state index contributed by atoms with van der Waals surface area (Å²) < 4.78 is 37.4. The van der Waals surface area contributed by atoms with Gasteiger partial charge in [-0.05, 0) is 30.5 Å². The van der Waals surface area contributed by atoms with Gasteiger partial charge in [-0.15, -0.1) is 11.3 Å². The number of rotatable bonds is 2. The van der Waals surface area contributed by atoms with E-state index in [1.165, 1.54) is 0 Å². The molecule has 0 saturated heterocycles. The highest BCUT2D eigenvalue weighted by Crippen LogP contribution is 2.36. The molecule has 1 unspecified atom stereocenters. The topological polar surface area (TPSA) is 33.1 Å². The van der Waals surface area contributed by atoms with Crippen LogP contribution in [0.1, 0.15) is 32.7 Å². The van der Waals surface area contributed by atoms with Crippen LogP contribution in [-0.4, -0.2) is 10.1 Å². The molecule has 6 heteroatoms. The van der Waals surface area contributed by atoms with Gasteiger partial charge in [-0.3, -0.25) is 0 Å². The Morgan fingerprint density at radius 2 is 1.89 bits per heavy atom. The van der Waals surface area contributed by atoms with Crippen LogP contribution in [0.5, 0.6) is 0 Å². The Hall–Kier alpha value is -1.40. The van der Waals surface area contributed by atoms with E-state index in [1.807, 2.05) is 19.9 Å². The third-order valence-electron chi connectivity index (χ3n) is 2.88. The summed E-state index contributed by atoms with van der Waals surface area (Å²) in [6.45, 7) is 3.82. The van der Waals surface area contributed by atoms with Crippen LogP contribution in [-0.2, 0) is 6.18 Å². The van der Waals surface area contributed by atoms with Crippen LogP contribution in [0.2, 0.25) is 0 Å². The minimum absolute atomic E-state index is 0.190. The van der Waals surface area contributed by atoms with Crippen LogP contribution in [0.3, 0.4) is 0 Å². The number of aromatic nitrogens is 1. The van der Waals surface area contributed by atoms with Crippen molar-refractivity contribution in [3.63, 3.8) is 0 Å². The molecular weight excluding hydrogens is 275 g/mol. The summed E-state index contributed by atoms with van der Waals surface area (Å²) in [4.78, 5) is 3.50. The Morgan fingerprint density at radius 3 is 2.42 bits per heavy atom. The van der Waals surface area contributed by atoms with Crippen LogP contribution < -0.4 is 0 Å². The van der Waals surface area contributed by atoms with Gasteiger partial charge >= 0.3 is 6.18 Å². The van der Waals surface area contributed by atoms with E-state index in [9.17, 15) is 18.3 Å². The van der Waals surface area contributed by atoms with E-state index < -0.39 is 17.3 Å². The largest absolute Gasteiger partial charge is 0.443 e. The zero-order valence-corrected chi connectivity index (χ0v) is 11.1. The van der Waals surface area contributed by atoms with E-state index in [0.717, 1.165) is 17.3 Å². The van der Waals surface area contributed by atoms with Crippen LogP contribution in [0, 0.1) is 13.8 Å². The maximum atomic E-state index is 12.5. The summed E-state index contributed by atoms with van der Waals surface area (Å²) in [5.74, 6) is 0. The fourth-order valence-corrected chi connectivity index (χ4v) is 2.44. The lowest BCUT2D eigenvalue weighted by atomic mass is 10.0. The van der Waals surface area contributed by atoms with E-state index in [0.29, 0.717) is 16.9 Å². The number of nitrogens with zero attached hydrogens (tertiary/aromatic N) is 1. The molecule has 0 amide bonds. The predicted molar refractivity (Wildman–Crippen MR) is 67.1 cm³/mol. The second-order valence-electron chi connectivity index (χ2n) is 4.31. The van der Waals surface area contributed by atoms with Crippen molar-refractivity contribution >= 4 is 11.3 Å². The van der Waals surface area contributed by atoms with Crippen molar-refractivity contribution in [2.24, 2.45) is 0 Å². The number of halogens is 3. The Morgan fingerprint density at radius 1 is 1.21 bits per heavy atom. The Labute approximate surface area is 112 Å². The van der Waals surface area contributed by atoms with E-state index in [2.05, 4.69) is 4.98 Å². The Bertz CT molecular complexity index is 592. The number of thiazole rings is 1. The third kappa shape index (κ3) is 2.96. The van der Waals surface area contributed by atoms with Crippen LogP contribution in [0.4, 0.5) is 13.2 Å². The zero-order valence-electron chi connectivity index (χ0n) is 10.3. The molecule has 0 aliphatic rings. The molecule has 102 valence electrons. The quantitative estimate of drug-likeness (QED) is 0.909. The number of hydrogen-bond donors (Lipinski definition) is 1. The van der Waals surface area contributed by atoms with Crippen molar-refractivity contribution in [2.45, 2.75) is 26.1 Å². The molecule has 1 N–H and O–H groups in total. The summed E-state index contributed by atoms with van der Waals surface area (Å²) >= 11 is 0.467. The van der Waals surface area contributed by atoms with Crippen molar-refractivity contribution in [3.05, 3.63) is 51.0 Å². The van der Waals surface area contributed by atoms with Gasteiger partial charge in [0, 0.05) is 6.20 Å². The van der Waals surface area contributed by atoms with Crippen molar-refractivity contribution in [2.75, 3.05) is 0 Å². The molecule has 2 rings (SSSR count). The molecule has 19 heavy (non-hydrogen) atoms. The fourth-order valence-electron chi connectivity index (χ4n) is 1.64. The van der Waals surface area contributed by atoms with Crippen LogP contribution in [0.15, 0.2) is 24.4 Å². The van der Waals surface area contributed by atoms with Gasteiger partial charge in [0.15, 0.2) is 5.01 Å². The highest BCUT2D eigenvalue weighted by Gasteiger charge is 2.35. The molecule has 0 saturated carbocycles. The summed E-state index contributed by atoms with van der Waals surface area (Å²) in [6, 6.07) is 5.31. The smallest absolute Gasteiger partial charge is 0.383 e. The number of aryl methyl sites for hydroxylation is 2. The van der Waals surface area contributed by atoms with Crippen LogP contribution in [0.25, 0.3) is 0 Å². The van der Waals surface area contributed by atoms with E-state index in [1.54, 1.807) is 12.1 Å². The molecule has 0 aliphatic carbocycles. The molecule has 0 spiro atoms. The van der Waals surface area contributed by atoms with Gasteiger partial charge in [0.05, 0.1) is 4.88 Å². The first-order valence-corrected chi connectivity index (χ1v) is 6.39. The van der Waals surface area contributed by atoms with Crippen molar-refractivity contribution in [1.82, 2.24) is 4.98 Å². The summed E-state index contributed by atoms with van der Waals surface area (Å²) in [7, 11) is 0. The number of benzene rings is 1. The number of aliphatic hydroxyl groups excluding tert-OH is 1. The first kappa shape index (κ1) is 14.0. The van der Waals surface area contributed by atoms with Crippen molar-refractivity contribution < 1.29 is 18.3 Å². The first-order valence-electron chi connectivity index (χ1n) is 5.57. The molecule has 1 atom stereocenters. The van der Waals surface area contributed by atoms with Crippen molar-refractivity contribution in [3.8, 4) is 0 Å². The predicted octanol–water partition coefficient (Wildman–Crippen LogP) is 3.86. The van der Waals surface area contributed by atoms with Gasteiger partial charge in [0.1, 0.15) is 6.10 Å². The van der Waals surface area contributed by atoms with E-state index in [4.69, 9.17) is 0 Å². The number of hydrogen-bond acceptors (Lipinski definition) is 3. The maximum absolute atomic E-state index is 12.5. The summed E-state index contributed by atoms with van der Waals surface area (Å²) in [6.07, 6.45) is -4.47.